The number of hydrogen-bond donors (Lipinski definition) is 1. The highest BCUT2D eigenvalue weighted by Gasteiger charge is 2.26. The van der Waals surface area contributed by atoms with Crippen molar-refractivity contribution in [2.24, 2.45) is 0 Å². The Morgan fingerprint density at radius 1 is 1.41 bits per heavy atom. The van der Waals surface area contributed by atoms with Crippen LogP contribution in [0.4, 0.5) is 0 Å². The van der Waals surface area contributed by atoms with Gasteiger partial charge < -0.3 is 10.1 Å². The van der Waals surface area contributed by atoms with Crippen molar-refractivity contribution in [2.75, 3.05) is 0 Å². The van der Waals surface area contributed by atoms with Gasteiger partial charge in [-0.05, 0) is 43.9 Å². The van der Waals surface area contributed by atoms with Gasteiger partial charge in [0.05, 0.1) is 0 Å². The fraction of sp³-hybridized carbons (Fsp3) is 0.500. The maximum atomic E-state index is 11.7. The van der Waals surface area contributed by atoms with Crippen molar-refractivity contribution in [3.63, 3.8) is 0 Å². The Morgan fingerprint density at radius 3 is 2.59 bits per heavy atom. The van der Waals surface area contributed by atoms with Crippen LogP contribution in [0.3, 0.4) is 0 Å². The summed E-state index contributed by atoms with van der Waals surface area (Å²) in [6.07, 6.45) is 2.79. The summed E-state index contributed by atoms with van der Waals surface area (Å²) >= 11 is 0. The average Bonchev–Trinajstić information content (AvgIpc) is 3.14. The van der Waals surface area contributed by atoms with E-state index >= 15 is 0 Å². The number of carbonyl (C=O) groups excluding carboxylic acids is 1. The molecule has 0 spiro atoms. The molecule has 0 aliphatic heterocycles. The molecule has 1 saturated carbocycles. The Balaban J connectivity index is 1.87. The normalized spacial score (nSPS) is 16.4. The lowest BCUT2D eigenvalue weighted by molar-refractivity contribution is -0.127. The van der Waals surface area contributed by atoms with E-state index in [9.17, 15) is 4.79 Å². The quantitative estimate of drug-likeness (QED) is 0.847. The second-order valence-electron chi connectivity index (χ2n) is 4.54. The predicted molar refractivity (Wildman–Crippen MR) is 67.1 cm³/mol. The summed E-state index contributed by atoms with van der Waals surface area (Å²) < 4.78 is 5.59. The van der Waals surface area contributed by atoms with Gasteiger partial charge >= 0.3 is 0 Å². The number of amides is 1. The van der Waals surface area contributed by atoms with Crippen LogP contribution in [-0.4, -0.2) is 18.1 Å². The van der Waals surface area contributed by atoms with Gasteiger partial charge in [-0.2, -0.15) is 0 Å². The molecule has 1 N–H and O–H groups in total. The number of aryl methyl sites for hydroxylation is 1. The summed E-state index contributed by atoms with van der Waals surface area (Å²) in [6, 6.07) is 8.28. The molecule has 2 rings (SSSR count). The lowest BCUT2D eigenvalue weighted by Crippen LogP contribution is -2.37. The van der Waals surface area contributed by atoms with E-state index in [1.54, 1.807) is 6.92 Å². The van der Waals surface area contributed by atoms with Crippen LogP contribution in [0.25, 0.3) is 0 Å². The molecule has 0 bridgehead atoms. The first-order valence-corrected chi connectivity index (χ1v) is 6.25. The minimum absolute atomic E-state index is 0.0212. The van der Waals surface area contributed by atoms with Gasteiger partial charge in [0.15, 0.2) is 6.10 Å². The van der Waals surface area contributed by atoms with Crippen molar-refractivity contribution < 1.29 is 9.53 Å². The van der Waals surface area contributed by atoms with Crippen LogP contribution < -0.4 is 10.1 Å². The smallest absolute Gasteiger partial charge is 0.260 e. The van der Waals surface area contributed by atoms with Gasteiger partial charge in [0.1, 0.15) is 5.75 Å². The Bertz CT molecular complexity index is 382. The largest absolute Gasteiger partial charge is 0.481 e. The highest BCUT2D eigenvalue weighted by Crippen LogP contribution is 2.19. The van der Waals surface area contributed by atoms with Gasteiger partial charge in [-0.25, -0.2) is 0 Å². The number of carbonyl (C=O) groups is 1. The second kappa shape index (κ2) is 5.21. The first-order chi connectivity index (χ1) is 8.19. The van der Waals surface area contributed by atoms with Crippen molar-refractivity contribution in [1.82, 2.24) is 5.32 Å². The van der Waals surface area contributed by atoms with E-state index in [0.717, 1.165) is 25.0 Å². The molecule has 1 amide bonds. The monoisotopic (exact) mass is 233 g/mol. The molecule has 1 aromatic rings. The molecule has 1 aliphatic rings. The van der Waals surface area contributed by atoms with E-state index in [-0.39, 0.29) is 5.91 Å². The van der Waals surface area contributed by atoms with Gasteiger partial charge in [-0.15, -0.1) is 0 Å². The Kier molecular flexibility index (Phi) is 3.67. The van der Waals surface area contributed by atoms with E-state index in [4.69, 9.17) is 4.74 Å². The lowest BCUT2D eigenvalue weighted by Gasteiger charge is -2.14. The minimum atomic E-state index is -0.428. The van der Waals surface area contributed by atoms with E-state index < -0.39 is 6.10 Å². The van der Waals surface area contributed by atoms with E-state index in [1.165, 1.54) is 5.56 Å². The Morgan fingerprint density at radius 2 is 2.06 bits per heavy atom. The maximum Gasteiger partial charge on any atom is 0.260 e. The zero-order valence-corrected chi connectivity index (χ0v) is 10.4. The molecule has 3 heteroatoms. The summed E-state index contributed by atoms with van der Waals surface area (Å²) in [5.74, 6) is 0.729. The first-order valence-electron chi connectivity index (χ1n) is 6.25. The van der Waals surface area contributed by atoms with Crippen LogP contribution in [-0.2, 0) is 11.2 Å². The summed E-state index contributed by atoms with van der Waals surface area (Å²) in [4.78, 5) is 11.7. The zero-order valence-electron chi connectivity index (χ0n) is 10.4. The minimum Gasteiger partial charge on any atom is -0.481 e. The summed E-state index contributed by atoms with van der Waals surface area (Å²) in [5.41, 5.74) is 1.27. The number of hydrogen-bond acceptors (Lipinski definition) is 2. The third kappa shape index (κ3) is 3.48. The number of ether oxygens (including phenoxy) is 1. The van der Waals surface area contributed by atoms with Crippen LogP contribution in [0.15, 0.2) is 24.3 Å². The number of nitrogens with one attached hydrogen (secondary N) is 1. The molecule has 3 nitrogen and oxygen atoms in total. The van der Waals surface area contributed by atoms with Crippen LogP contribution in [0, 0.1) is 0 Å². The molecule has 0 saturated heterocycles. The zero-order chi connectivity index (χ0) is 12.3. The molecule has 0 unspecified atom stereocenters. The van der Waals surface area contributed by atoms with Crippen LogP contribution in [0.2, 0.25) is 0 Å². The molecule has 1 aliphatic carbocycles. The third-order valence-corrected chi connectivity index (χ3v) is 2.94. The number of benzene rings is 1. The van der Waals surface area contributed by atoms with Crippen molar-refractivity contribution >= 4 is 5.91 Å². The summed E-state index contributed by atoms with van der Waals surface area (Å²) in [6.45, 7) is 3.90. The Hall–Kier alpha value is -1.51. The molecular weight excluding hydrogens is 214 g/mol. The molecule has 1 fully saturated rings. The topological polar surface area (TPSA) is 38.3 Å². The molecule has 17 heavy (non-hydrogen) atoms. The van der Waals surface area contributed by atoms with Crippen LogP contribution >= 0.6 is 0 Å². The van der Waals surface area contributed by atoms with Crippen molar-refractivity contribution in [2.45, 2.75) is 45.3 Å². The van der Waals surface area contributed by atoms with Crippen molar-refractivity contribution in [1.29, 1.82) is 0 Å². The highest BCUT2D eigenvalue weighted by molar-refractivity contribution is 5.81. The van der Waals surface area contributed by atoms with Gasteiger partial charge in [-0.1, -0.05) is 19.1 Å². The second-order valence-corrected chi connectivity index (χ2v) is 4.54. The van der Waals surface area contributed by atoms with Gasteiger partial charge in [0.2, 0.25) is 0 Å². The standard InChI is InChI=1S/C14H19NO2/c1-3-11-4-8-13(9-5-11)17-10(2)14(16)15-12-6-7-12/h4-5,8-10,12H,3,6-7H2,1-2H3,(H,15,16)/t10-/m1/s1. The summed E-state index contributed by atoms with van der Waals surface area (Å²) in [5, 5.41) is 2.93. The lowest BCUT2D eigenvalue weighted by atomic mass is 10.2. The Labute approximate surface area is 102 Å². The van der Waals surface area contributed by atoms with Gasteiger partial charge in [0.25, 0.3) is 5.91 Å². The van der Waals surface area contributed by atoms with E-state index in [2.05, 4.69) is 12.2 Å². The molecular formula is C14H19NO2. The van der Waals surface area contributed by atoms with E-state index in [1.807, 2.05) is 24.3 Å². The predicted octanol–water partition coefficient (Wildman–Crippen LogP) is 2.29. The third-order valence-electron chi connectivity index (χ3n) is 2.94. The summed E-state index contributed by atoms with van der Waals surface area (Å²) in [7, 11) is 0. The van der Waals surface area contributed by atoms with Crippen LogP contribution in [0.5, 0.6) is 5.75 Å². The highest BCUT2D eigenvalue weighted by atomic mass is 16.5. The average molecular weight is 233 g/mol. The molecule has 1 atom stereocenters. The molecule has 0 radical (unpaired) electrons. The molecule has 0 heterocycles. The molecule has 92 valence electrons. The van der Waals surface area contributed by atoms with Crippen molar-refractivity contribution in [3.05, 3.63) is 29.8 Å². The van der Waals surface area contributed by atoms with Gasteiger partial charge in [0, 0.05) is 6.04 Å². The van der Waals surface area contributed by atoms with E-state index in [0.29, 0.717) is 6.04 Å². The molecule has 1 aromatic carbocycles. The van der Waals surface area contributed by atoms with Crippen molar-refractivity contribution in [3.8, 4) is 5.75 Å². The van der Waals surface area contributed by atoms with Crippen LogP contribution in [0.1, 0.15) is 32.3 Å². The fourth-order valence-electron chi connectivity index (χ4n) is 1.61. The number of rotatable bonds is 5. The maximum absolute atomic E-state index is 11.7. The molecule has 0 aromatic heterocycles. The van der Waals surface area contributed by atoms with Gasteiger partial charge in [-0.3, -0.25) is 4.79 Å². The first kappa shape index (κ1) is 12.0. The fourth-order valence-corrected chi connectivity index (χ4v) is 1.61. The SMILES string of the molecule is CCc1ccc(O[C@H](C)C(=O)NC2CC2)cc1.